The average Bonchev–Trinajstić information content (AvgIpc) is 3.38. The van der Waals surface area contributed by atoms with Gasteiger partial charge in [-0.15, -0.1) is 0 Å². The van der Waals surface area contributed by atoms with E-state index < -0.39 is 21.9 Å². The van der Waals surface area contributed by atoms with Gasteiger partial charge in [0.2, 0.25) is 5.91 Å². The van der Waals surface area contributed by atoms with Crippen molar-refractivity contribution in [2.45, 2.75) is 49.3 Å². The van der Waals surface area contributed by atoms with Crippen molar-refractivity contribution in [2.75, 3.05) is 5.32 Å². The number of aliphatic imine (C=N–C) groups is 1. The Morgan fingerprint density at radius 3 is 2.67 bits per heavy atom. The predicted octanol–water partition coefficient (Wildman–Crippen LogP) is 2.79. The lowest BCUT2D eigenvalue weighted by Crippen LogP contribution is -2.34. The molecular weight excluding hydrogens is 406 g/mol. The summed E-state index contributed by atoms with van der Waals surface area (Å²) in [5.41, 5.74) is 1.03. The fourth-order valence-electron chi connectivity index (χ4n) is 4.02. The summed E-state index contributed by atoms with van der Waals surface area (Å²) in [6.45, 7) is 1.61. The van der Waals surface area contributed by atoms with Crippen molar-refractivity contribution in [3.8, 4) is 11.5 Å². The Kier molecular flexibility index (Phi) is 4.25. The minimum absolute atomic E-state index is 0.160. The van der Waals surface area contributed by atoms with E-state index in [9.17, 15) is 13.2 Å². The van der Waals surface area contributed by atoms with Crippen molar-refractivity contribution in [1.82, 2.24) is 4.72 Å². The number of anilines is 1. The van der Waals surface area contributed by atoms with Crippen LogP contribution < -0.4 is 19.5 Å². The topological polar surface area (TPSA) is 106 Å². The molecule has 0 saturated heterocycles. The summed E-state index contributed by atoms with van der Waals surface area (Å²) in [7, 11) is -3.65. The predicted molar refractivity (Wildman–Crippen MR) is 110 cm³/mol. The summed E-state index contributed by atoms with van der Waals surface area (Å²) >= 11 is 0. The van der Waals surface area contributed by atoms with Crippen LogP contribution in [0.2, 0.25) is 0 Å². The number of amides is 1. The van der Waals surface area contributed by atoms with E-state index in [1.807, 2.05) is 0 Å². The number of carbonyl (C=O) groups excluding carboxylic acids is 1. The van der Waals surface area contributed by atoms with Gasteiger partial charge in [0.1, 0.15) is 11.9 Å². The molecule has 9 heteroatoms. The monoisotopic (exact) mass is 427 g/mol. The maximum Gasteiger partial charge on any atom is 0.263 e. The van der Waals surface area contributed by atoms with Crippen LogP contribution in [0.15, 0.2) is 52.4 Å². The summed E-state index contributed by atoms with van der Waals surface area (Å²) in [5, 5.41) is 2.81. The fraction of sp³-hybridized carbons (Fsp3) is 0.333. The van der Waals surface area contributed by atoms with Gasteiger partial charge in [-0.2, -0.15) is 0 Å². The van der Waals surface area contributed by atoms with Gasteiger partial charge in [-0.05, 0) is 44.0 Å². The second-order valence-corrected chi connectivity index (χ2v) is 9.38. The van der Waals surface area contributed by atoms with Gasteiger partial charge in [-0.25, -0.2) is 8.42 Å². The van der Waals surface area contributed by atoms with Crippen LogP contribution in [0.4, 0.5) is 5.69 Å². The molecule has 3 aliphatic rings. The zero-order chi connectivity index (χ0) is 20.9. The lowest BCUT2D eigenvalue weighted by molar-refractivity contribution is -0.117. The number of rotatable bonds is 3. The Balaban J connectivity index is 1.32. The molecular formula is C21H21N3O5S. The molecule has 2 N–H and O–H groups in total. The number of sulfonamides is 1. The first-order valence-corrected chi connectivity index (χ1v) is 11.4. The Bertz CT molecular complexity index is 1170. The summed E-state index contributed by atoms with van der Waals surface area (Å²) in [6, 6.07) is 11.0. The lowest BCUT2D eigenvalue weighted by atomic mass is 10.2. The van der Waals surface area contributed by atoms with Crippen LogP contribution in [-0.2, 0) is 14.8 Å². The van der Waals surface area contributed by atoms with Gasteiger partial charge < -0.3 is 14.8 Å². The van der Waals surface area contributed by atoms with Crippen molar-refractivity contribution < 1.29 is 22.7 Å². The molecule has 2 aliphatic heterocycles. The van der Waals surface area contributed by atoms with Gasteiger partial charge >= 0.3 is 0 Å². The van der Waals surface area contributed by atoms with Gasteiger partial charge in [-0.3, -0.25) is 14.5 Å². The molecule has 2 heterocycles. The first kappa shape index (κ1) is 18.9. The highest BCUT2D eigenvalue weighted by Gasteiger charge is 2.44. The van der Waals surface area contributed by atoms with E-state index in [0.29, 0.717) is 22.7 Å². The molecule has 2 aromatic rings. The number of hydrogen-bond donors (Lipinski definition) is 2. The van der Waals surface area contributed by atoms with Gasteiger partial charge in [0, 0.05) is 30.2 Å². The van der Waals surface area contributed by atoms with E-state index in [1.165, 1.54) is 6.07 Å². The molecule has 156 valence electrons. The van der Waals surface area contributed by atoms with Crippen molar-refractivity contribution in [2.24, 2.45) is 4.99 Å². The number of carbonyl (C=O) groups is 1. The minimum Gasteiger partial charge on any atom is -0.448 e. The Hall–Kier alpha value is -3.07. The maximum absolute atomic E-state index is 12.7. The largest absolute Gasteiger partial charge is 0.448 e. The van der Waals surface area contributed by atoms with Crippen LogP contribution in [0.25, 0.3) is 0 Å². The number of amidine groups is 1. The third kappa shape index (κ3) is 3.19. The number of ether oxygens (including phenoxy) is 2. The van der Waals surface area contributed by atoms with E-state index in [1.54, 1.807) is 43.3 Å². The van der Waals surface area contributed by atoms with Crippen molar-refractivity contribution in [1.29, 1.82) is 0 Å². The highest BCUT2D eigenvalue weighted by Crippen LogP contribution is 2.47. The summed E-state index contributed by atoms with van der Waals surface area (Å²) in [6.07, 6.45) is 3.86. The molecule has 0 radical (unpaired) electrons. The molecule has 30 heavy (non-hydrogen) atoms. The van der Waals surface area contributed by atoms with Gasteiger partial charge in [-0.1, -0.05) is 12.1 Å². The molecule has 8 nitrogen and oxygen atoms in total. The minimum atomic E-state index is -3.65. The molecule has 1 amide bonds. The van der Waals surface area contributed by atoms with Crippen LogP contribution in [0.1, 0.15) is 38.2 Å². The zero-order valence-corrected chi connectivity index (χ0v) is 17.2. The van der Waals surface area contributed by atoms with Gasteiger partial charge in [0.05, 0.1) is 4.90 Å². The Morgan fingerprint density at radius 2 is 1.87 bits per heavy atom. The first-order valence-electron chi connectivity index (χ1n) is 9.88. The Labute approximate surface area is 174 Å². The first-order chi connectivity index (χ1) is 14.4. The van der Waals surface area contributed by atoms with Crippen LogP contribution in [0, 0.1) is 0 Å². The van der Waals surface area contributed by atoms with Crippen LogP contribution in [-0.4, -0.2) is 32.0 Å². The van der Waals surface area contributed by atoms with E-state index >= 15 is 0 Å². The lowest BCUT2D eigenvalue weighted by Gasteiger charge is -2.21. The van der Waals surface area contributed by atoms with E-state index in [2.05, 4.69) is 15.0 Å². The van der Waals surface area contributed by atoms with Crippen LogP contribution >= 0.6 is 0 Å². The number of fused-ring (bicyclic) bond motifs is 2. The molecule has 1 spiro atoms. The SMILES string of the molecule is C[C@@H](N=C1NS(=O)(=O)c2ccccc21)C(=O)Nc1ccc2c(c1)OC1(CCCC1)O2. The standard InChI is InChI=1S/C21H21N3O5S/c1-13(22-19-15-6-2-3-7-18(15)30(26,27)24-19)20(25)23-14-8-9-16-17(12-14)29-21(28-16)10-4-5-11-21/h2-3,6-9,12-13H,4-5,10-11H2,1H3,(H,22,24)(H,23,25)/t13-/m1/s1. The molecule has 5 rings (SSSR count). The fourth-order valence-corrected chi connectivity index (χ4v) is 5.26. The maximum atomic E-state index is 12.7. The molecule has 1 saturated carbocycles. The average molecular weight is 427 g/mol. The molecule has 1 atom stereocenters. The molecule has 2 aromatic carbocycles. The summed E-state index contributed by atoms with van der Waals surface area (Å²) in [5.74, 6) is 0.547. The van der Waals surface area contributed by atoms with E-state index in [4.69, 9.17) is 9.47 Å². The van der Waals surface area contributed by atoms with Crippen LogP contribution in [0.5, 0.6) is 11.5 Å². The molecule has 0 unspecified atom stereocenters. The van der Waals surface area contributed by atoms with Crippen LogP contribution in [0.3, 0.4) is 0 Å². The quantitative estimate of drug-likeness (QED) is 0.784. The zero-order valence-electron chi connectivity index (χ0n) is 16.3. The second kappa shape index (κ2) is 6.73. The highest BCUT2D eigenvalue weighted by molar-refractivity contribution is 7.90. The number of nitrogens with one attached hydrogen (secondary N) is 2. The molecule has 0 aromatic heterocycles. The Morgan fingerprint density at radius 1 is 1.13 bits per heavy atom. The number of benzene rings is 2. The summed E-state index contributed by atoms with van der Waals surface area (Å²) in [4.78, 5) is 17.1. The number of hydrogen-bond acceptors (Lipinski definition) is 6. The highest BCUT2D eigenvalue weighted by atomic mass is 32.2. The van der Waals surface area contributed by atoms with Crippen molar-refractivity contribution in [3.63, 3.8) is 0 Å². The summed E-state index contributed by atoms with van der Waals surface area (Å²) < 4.78 is 38.8. The van der Waals surface area contributed by atoms with Gasteiger partial charge in [0.15, 0.2) is 11.5 Å². The number of nitrogens with zero attached hydrogens (tertiary/aromatic N) is 1. The second-order valence-electron chi connectivity index (χ2n) is 7.73. The molecule has 0 bridgehead atoms. The molecule has 1 aliphatic carbocycles. The van der Waals surface area contributed by atoms with E-state index in [-0.39, 0.29) is 16.6 Å². The smallest absolute Gasteiger partial charge is 0.263 e. The van der Waals surface area contributed by atoms with Gasteiger partial charge in [0.25, 0.3) is 15.8 Å². The molecule has 1 fully saturated rings. The van der Waals surface area contributed by atoms with Crippen molar-refractivity contribution in [3.05, 3.63) is 48.0 Å². The third-order valence-corrected chi connectivity index (χ3v) is 6.93. The van der Waals surface area contributed by atoms with Crippen molar-refractivity contribution >= 4 is 27.5 Å². The third-order valence-electron chi connectivity index (χ3n) is 5.53. The van der Waals surface area contributed by atoms with E-state index in [0.717, 1.165) is 25.7 Å². The normalized spacial score (nSPS) is 22.0.